The Bertz CT molecular complexity index is 552. The van der Waals surface area contributed by atoms with Crippen LogP contribution in [0.3, 0.4) is 0 Å². The minimum Gasteiger partial charge on any atom is -0.309 e. The van der Waals surface area contributed by atoms with Crippen LogP contribution < -0.4 is 5.32 Å². The molecule has 1 N–H and O–H groups in total. The van der Waals surface area contributed by atoms with Gasteiger partial charge < -0.3 is 5.32 Å². The van der Waals surface area contributed by atoms with E-state index in [2.05, 4.69) is 24.4 Å². The first kappa shape index (κ1) is 13.7. The number of nitrogens with one attached hydrogen (secondary N) is 1. The molecule has 2 rings (SSSR count). The molecule has 19 heavy (non-hydrogen) atoms. The number of hydrogen-bond acceptors (Lipinski definition) is 1. The first-order chi connectivity index (χ1) is 9.20. The van der Waals surface area contributed by atoms with Gasteiger partial charge in [0.15, 0.2) is 0 Å². The Labute approximate surface area is 112 Å². The molecule has 0 saturated carbocycles. The van der Waals surface area contributed by atoms with E-state index in [0.717, 1.165) is 12.5 Å². The summed E-state index contributed by atoms with van der Waals surface area (Å²) in [4.78, 5) is 0. The van der Waals surface area contributed by atoms with Crippen LogP contribution >= 0.6 is 0 Å². The molecule has 0 amide bonds. The zero-order chi connectivity index (χ0) is 13.7. The lowest BCUT2D eigenvalue weighted by molar-refractivity contribution is 0.560. The fourth-order valence-corrected chi connectivity index (χ4v) is 2.07. The molecule has 0 saturated heterocycles. The minimum absolute atomic E-state index is 0.393. The van der Waals surface area contributed by atoms with Crippen molar-refractivity contribution in [1.29, 1.82) is 0 Å². The number of halogens is 2. The normalized spacial score (nSPS) is 10.7. The van der Waals surface area contributed by atoms with Crippen molar-refractivity contribution < 1.29 is 8.78 Å². The van der Waals surface area contributed by atoms with Gasteiger partial charge in [-0.05, 0) is 23.6 Å². The molecule has 0 aliphatic carbocycles. The second-order valence-electron chi connectivity index (χ2n) is 4.46. The topological polar surface area (TPSA) is 12.0 Å². The third-order valence-corrected chi connectivity index (χ3v) is 3.15. The quantitative estimate of drug-likeness (QED) is 0.862. The molecular formula is C16H17F2N. The average Bonchev–Trinajstić information content (AvgIpc) is 2.42. The van der Waals surface area contributed by atoms with Crippen molar-refractivity contribution in [3.63, 3.8) is 0 Å². The van der Waals surface area contributed by atoms with Crippen molar-refractivity contribution >= 4 is 0 Å². The van der Waals surface area contributed by atoms with Crippen LogP contribution in [0.25, 0.3) is 0 Å². The summed E-state index contributed by atoms with van der Waals surface area (Å²) in [6, 6.07) is 11.8. The molecule has 0 radical (unpaired) electrons. The number of aryl methyl sites for hydroxylation is 1. The van der Waals surface area contributed by atoms with Crippen molar-refractivity contribution in [2.75, 3.05) is 0 Å². The fourth-order valence-electron chi connectivity index (χ4n) is 2.07. The molecule has 0 bridgehead atoms. The highest BCUT2D eigenvalue weighted by Crippen LogP contribution is 2.11. The van der Waals surface area contributed by atoms with E-state index in [1.165, 1.54) is 23.3 Å². The highest BCUT2D eigenvalue weighted by Gasteiger charge is 2.04. The van der Waals surface area contributed by atoms with Gasteiger partial charge in [0.25, 0.3) is 0 Å². The van der Waals surface area contributed by atoms with Crippen LogP contribution in [0.5, 0.6) is 0 Å². The van der Waals surface area contributed by atoms with Gasteiger partial charge in [-0.3, -0.25) is 0 Å². The lowest BCUT2D eigenvalue weighted by Crippen LogP contribution is -2.15. The summed E-state index contributed by atoms with van der Waals surface area (Å²) in [6.07, 6.45) is 0.975. The molecular weight excluding hydrogens is 244 g/mol. The summed E-state index contributed by atoms with van der Waals surface area (Å²) in [5, 5.41) is 3.19. The van der Waals surface area contributed by atoms with Gasteiger partial charge in [-0.15, -0.1) is 0 Å². The molecule has 0 unspecified atom stereocenters. The SMILES string of the molecule is CCc1ccccc1CNCc1ccc(F)cc1F. The lowest BCUT2D eigenvalue weighted by Gasteiger charge is -2.09. The Balaban J connectivity index is 1.96. The molecule has 0 fully saturated rings. The molecule has 0 spiro atoms. The molecule has 0 aliphatic heterocycles. The van der Waals surface area contributed by atoms with E-state index < -0.39 is 11.6 Å². The van der Waals surface area contributed by atoms with Gasteiger partial charge in [-0.2, -0.15) is 0 Å². The first-order valence-electron chi connectivity index (χ1n) is 6.42. The fraction of sp³-hybridized carbons (Fsp3) is 0.250. The molecule has 0 aliphatic rings. The number of benzene rings is 2. The smallest absolute Gasteiger partial charge is 0.130 e. The van der Waals surface area contributed by atoms with Gasteiger partial charge in [0.05, 0.1) is 0 Å². The maximum Gasteiger partial charge on any atom is 0.130 e. The summed E-state index contributed by atoms with van der Waals surface area (Å²) < 4.78 is 26.2. The summed E-state index contributed by atoms with van der Waals surface area (Å²) in [5.41, 5.74) is 2.98. The van der Waals surface area contributed by atoms with Gasteiger partial charge in [0, 0.05) is 24.7 Å². The van der Waals surface area contributed by atoms with Crippen LogP contribution in [0.4, 0.5) is 8.78 Å². The molecule has 2 aromatic carbocycles. The lowest BCUT2D eigenvalue weighted by atomic mass is 10.1. The molecule has 100 valence electrons. The predicted octanol–water partition coefficient (Wildman–Crippen LogP) is 3.82. The standard InChI is InChI=1S/C16H17F2N/c1-2-12-5-3-4-6-13(12)10-19-11-14-7-8-15(17)9-16(14)18/h3-9,19H,2,10-11H2,1H3. The van der Waals surface area contributed by atoms with Gasteiger partial charge in [0.2, 0.25) is 0 Å². The van der Waals surface area contributed by atoms with E-state index in [1.807, 2.05) is 12.1 Å². The van der Waals surface area contributed by atoms with Crippen LogP contribution in [0.15, 0.2) is 42.5 Å². The van der Waals surface area contributed by atoms with Gasteiger partial charge >= 0.3 is 0 Å². The molecule has 0 heterocycles. The molecule has 3 heteroatoms. The molecule has 2 aromatic rings. The van der Waals surface area contributed by atoms with Crippen molar-refractivity contribution in [1.82, 2.24) is 5.32 Å². The number of rotatable bonds is 5. The summed E-state index contributed by atoms with van der Waals surface area (Å²) in [5.74, 6) is -1.05. The van der Waals surface area contributed by atoms with E-state index in [9.17, 15) is 8.78 Å². The van der Waals surface area contributed by atoms with Gasteiger partial charge in [-0.1, -0.05) is 37.3 Å². The van der Waals surface area contributed by atoms with E-state index in [-0.39, 0.29) is 0 Å². The Hall–Kier alpha value is -1.74. The third-order valence-electron chi connectivity index (χ3n) is 3.15. The van der Waals surface area contributed by atoms with E-state index in [1.54, 1.807) is 0 Å². The second-order valence-corrected chi connectivity index (χ2v) is 4.46. The van der Waals surface area contributed by atoms with E-state index >= 15 is 0 Å². The first-order valence-corrected chi connectivity index (χ1v) is 6.42. The predicted molar refractivity (Wildman–Crippen MR) is 72.7 cm³/mol. The Morgan fingerprint density at radius 3 is 2.26 bits per heavy atom. The van der Waals surface area contributed by atoms with Gasteiger partial charge in [-0.25, -0.2) is 8.78 Å². The maximum absolute atomic E-state index is 13.4. The van der Waals surface area contributed by atoms with Crippen LogP contribution in [0, 0.1) is 11.6 Å². The van der Waals surface area contributed by atoms with Gasteiger partial charge in [0.1, 0.15) is 11.6 Å². The van der Waals surface area contributed by atoms with Crippen LogP contribution in [0.2, 0.25) is 0 Å². The Morgan fingerprint density at radius 2 is 1.58 bits per heavy atom. The third kappa shape index (κ3) is 3.61. The average molecular weight is 261 g/mol. The zero-order valence-electron chi connectivity index (χ0n) is 10.9. The molecule has 0 aromatic heterocycles. The monoisotopic (exact) mass is 261 g/mol. The van der Waals surface area contributed by atoms with E-state index in [0.29, 0.717) is 18.7 Å². The van der Waals surface area contributed by atoms with Crippen molar-refractivity contribution in [3.8, 4) is 0 Å². The largest absolute Gasteiger partial charge is 0.309 e. The second kappa shape index (κ2) is 6.43. The maximum atomic E-state index is 13.4. The Kier molecular flexibility index (Phi) is 4.63. The summed E-state index contributed by atoms with van der Waals surface area (Å²) in [6.45, 7) is 3.18. The summed E-state index contributed by atoms with van der Waals surface area (Å²) >= 11 is 0. The summed E-state index contributed by atoms with van der Waals surface area (Å²) in [7, 11) is 0. The Morgan fingerprint density at radius 1 is 0.895 bits per heavy atom. The van der Waals surface area contributed by atoms with Crippen LogP contribution in [0.1, 0.15) is 23.6 Å². The van der Waals surface area contributed by atoms with E-state index in [4.69, 9.17) is 0 Å². The molecule has 0 atom stereocenters. The highest BCUT2D eigenvalue weighted by atomic mass is 19.1. The van der Waals surface area contributed by atoms with Crippen molar-refractivity contribution in [2.24, 2.45) is 0 Å². The van der Waals surface area contributed by atoms with Crippen molar-refractivity contribution in [2.45, 2.75) is 26.4 Å². The van der Waals surface area contributed by atoms with Crippen molar-refractivity contribution in [3.05, 3.63) is 70.8 Å². The highest BCUT2D eigenvalue weighted by molar-refractivity contribution is 5.27. The van der Waals surface area contributed by atoms with Crippen LogP contribution in [-0.2, 0) is 19.5 Å². The minimum atomic E-state index is -0.544. The zero-order valence-corrected chi connectivity index (χ0v) is 10.9. The van der Waals surface area contributed by atoms with Crippen LogP contribution in [-0.4, -0.2) is 0 Å². The number of hydrogen-bond donors (Lipinski definition) is 1. The molecule has 1 nitrogen and oxygen atoms in total.